The highest BCUT2D eigenvalue weighted by atomic mass is 35.5. The lowest BCUT2D eigenvalue weighted by Crippen LogP contribution is -2.28. The molecule has 0 aliphatic rings. The maximum absolute atomic E-state index is 12.6. The number of ether oxygens (including phenoxy) is 2. The maximum Gasteiger partial charge on any atom is 0.312 e. The zero-order valence-electron chi connectivity index (χ0n) is 21.0. The van der Waals surface area contributed by atoms with Crippen LogP contribution in [0.5, 0.6) is 11.5 Å². The number of aromatic nitrogens is 2. The third-order valence-electron chi connectivity index (χ3n) is 5.71. The van der Waals surface area contributed by atoms with E-state index in [-0.39, 0.29) is 18.0 Å². The lowest BCUT2D eigenvalue weighted by Gasteiger charge is -2.13. The van der Waals surface area contributed by atoms with Gasteiger partial charge in [-0.3, -0.25) is 19.6 Å². The summed E-state index contributed by atoms with van der Waals surface area (Å²) in [5, 5.41) is 20.1. The van der Waals surface area contributed by atoms with Gasteiger partial charge in [-0.2, -0.15) is 10.2 Å². The number of amides is 1. The Morgan fingerprint density at radius 2 is 1.92 bits per heavy atom. The average molecular weight is 514 g/mol. The van der Waals surface area contributed by atoms with Gasteiger partial charge in [-0.05, 0) is 81.6 Å². The van der Waals surface area contributed by atoms with Gasteiger partial charge in [-0.1, -0.05) is 11.6 Å². The summed E-state index contributed by atoms with van der Waals surface area (Å²) in [7, 11) is 1.58. The smallest absolute Gasteiger partial charge is 0.312 e. The van der Waals surface area contributed by atoms with Crippen LogP contribution in [0.2, 0.25) is 5.02 Å². The zero-order valence-corrected chi connectivity index (χ0v) is 21.7. The molecule has 0 fully saturated rings. The van der Waals surface area contributed by atoms with Crippen LogP contribution in [0, 0.1) is 37.8 Å². The molecule has 1 heterocycles. The summed E-state index contributed by atoms with van der Waals surface area (Å²) >= 11 is 6.24. The topological polar surface area (TPSA) is 121 Å². The average Bonchev–Trinajstić information content (AvgIpc) is 3.14. The molecule has 3 rings (SSSR count). The van der Waals surface area contributed by atoms with E-state index in [0.717, 1.165) is 16.7 Å². The number of aryl methyl sites for hydroxylation is 3. The molecule has 0 spiro atoms. The number of hydrazone groups is 1. The number of methoxy groups -OCH3 is 1. The molecule has 0 saturated carbocycles. The molecule has 0 aliphatic carbocycles. The highest BCUT2D eigenvalue weighted by Crippen LogP contribution is 2.28. The van der Waals surface area contributed by atoms with E-state index >= 15 is 0 Å². The summed E-state index contributed by atoms with van der Waals surface area (Å²) in [6, 6.07) is 8.39. The summed E-state index contributed by atoms with van der Waals surface area (Å²) in [5.41, 5.74) is 6.28. The second-order valence-corrected chi connectivity index (χ2v) is 8.74. The van der Waals surface area contributed by atoms with Crippen LogP contribution in [0.15, 0.2) is 35.4 Å². The molecular formula is C25H28ClN5O5. The predicted molar refractivity (Wildman–Crippen MR) is 137 cm³/mol. The van der Waals surface area contributed by atoms with Crippen molar-refractivity contribution in [3.8, 4) is 11.5 Å². The van der Waals surface area contributed by atoms with Crippen LogP contribution in [0.3, 0.4) is 0 Å². The van der Waals surface area contributed by atoms with Gasteiger partial charge in [0.1, 0.15) is 35.5 Å². The Morgan fingerprint density at radius 1 is 1.25 bits per heavy atom. The Bertz CT molecular complexity index is 1310. The first-order chi connectivity index (χ1) is 17.0. The Morgan fingerprint density at radius 3 is 2.50 bits per heavy atom. The SMILES string of the molecule is COc1ccc(/C=N/NC(=O)C(C)n2nc(C)c([N+](=O)[O-])c2C)cc1COc1cc(C)c(Cl)c(C)c1. The summed E-state index contributed by atoms with van der Waals surface area (Å²) in [5.74, 6) is 0.886. The Hall–Kier alpha value is -3.92. The Balaban J connectivity index is 1.70. The van der Waals surface area contributed by atoms with Gasteiger partial charge in [0, 0.05) is 10.6 Å². The van der Waals surface area contributed by atoms with Crippen LogP contribution >= 0.6 is 11.6 Å². The monoisotopic (exact) mass is 513 g/mol. The van der Waals surface area contributed by atoms with E-state index in [1.807, 2.05) is 32.0 Å². The number of nitrogens with zero attached hydrogens (tertiary/aromatic N) is 4. The van der Waals surface area contributed by atoms with Gasteiger partial charge in [-0.15, -0.1) is 0 Å². The normalized spacial score (nSPS) is 12.0. The number of carbonyl (C=O) groups excluding carboxylic acids is 1. The van der Waals surface area contributed by atoms with Crippen LogP contribution in [-0.4, -0.2) is 33.9 Å². The number of carbonyl (C=O) groups is 1. The molecule has 190 valence electrons. The van der Waals surface area contributed by atoms with E-state index in [1.54, 1.807) is 33.1 Å². The minimum absolute atomic E-state index is 0.102. The maximum atomic E-state index is 12.6. The molecule has 3 aromatic rings. The third kappa shape index (κ3) is 5.83. The highest BCUT2D eigenvalue weighted by molar-refractivity contribution is 6.32. The van der Waals surface area contributed by atoms with Crippen molar-refractivity contribution in [2.45, 2.75) is 47.3 Å². The van der Waals surface area contributed by atoms with E-state index in [9.17, 15) is 14.9 Å². The quantitative estimate of drug-likeness (QED) is 0.245. The predicted octanol–water partition coefficient (Wildman–Crippen LogP) is 4.98. The number of nitrogens with one attached hydrogen (secondary N) is 1. The molecule has 1 atom stereocenters. The molecule has 0 saturated heterocycles. The van der Waals surface area contributed by atoms with Gasteiger partial charge in [-0.25, -0.2) is 5.43 Å². The first-order valence-corrected chi connectivity index (χ1v) is 11.5. The number of rotatable bonds is 9. The van der Waals surface area contributed by atoms with Gasteiger partial charge in [0.15, 0.2) is 0 Å². The third-order valence-corrected chi connectivity index (χ3v) is 6.31. The lowest BCUT2D eigenvalue weighted by atomic mass is 10.1. The van der Waals surface area contributed by atoms with Crippen LogP contribution in [0.4, 0.5) is 5.69 Å². The standard InChI is InChI=1S/C25H28ClN5O5/c1-14-9-21(10-15(2)23(14)26)36-13-20-11-19(7-8-22(20)35-6)12-27-28-25(32)18(5)30-17(4)24(31(33)34)16(3)29-30/h7-12,18H,13H2,1-6H3,(H,28,32)/b27-12+. The lowest BCUT2D eigenvalue weighted by molar-refractivity contribution is -0.386. The molecule has 2 aromatic carbocycles. The molecular weight excluding hydrogens is 486 g/mol. The first kappa shape index (κ1) is 26.7. The molecule has 10 nitrogen and oxygen atoms in total. The van der Waals surface area contributed by atoms with E-state index in [2.05, 4.69) is 15.6 Å². The largest absolute Gasteiger partial charge is 0.496 e. The van der Waals surface area contributed by atoms with Crippen molar-refractivity contribution in [3.05, 3.63) is 79.1 Å². The summed E-state index contributed by atoms with van der Waals surface area (Å²) < 4.78 is 12.7. The van der Waals surface area contributed by atoms with Crippen LogP contribution in [0.1, 0.15) is 46.6 Å². The molecule has 1 unspecified atom stereocenters. The van der Waals surface area contributed by atoms with Crippen molar-refractivity contribution < 1.29 is 19.2 Å². The number of hydrogen-bond acceptors (Lipinski definition) is 7. The molecule has 1 aromatic heterocycles. The van der Waals surface area contributed by atoms with E-state index in [0.29, 0.717) is 27.8 Å². The van der Waals surface area contributed by atoms with Crippen molar-refractivity contribution in [2.75, 3.05) is 7.11 Å². The van der Waals surface area contributed by atoms with Gasteiger partial charge in [0.05, 0.1) is 18.2 Å². The fourth-order valence-electron chi connectivity index (χ4n) is 3.81. The minimum Gasteiger partial charge on any atom is -0.496 e. The van der Waals surface area contributed by atoms with Gasteiger partial charge in [0.2, 0.25) is 0 Å². The van der Waals surface area contributed by atoms with E-state index < -0.39 is 16.9 Å². The fraction of sp³-hybridized carbons (Fsp3) is 0.320. The van der Waals surface area contributed by atoms with Crippen LogP contribution in [-0.2, 0) is 11.4 Å². The van der Waals surface area contributed by atoms with Gasteiger partial charge in [0.25, 0.3) is 5.91 Å². The van der Waals surface area contributed by atoms with Crippen molar-refractivity contribution in [1.82, 2.24) is 15.2 Å². The van der Waals surface area contributed by atoms with Gasteiger partial charge >= 0.3 is 5.69 Å². The van der Waals surface area contributed by atoms with Crippen molar-refractivity contribution >= 4 is 29.4 Å². The van der Waals surface area contributed by atoms with E-state index in [4.69, 9.17) is 21.1 Å². The summed E-state index contributed by atoms with van der Waals surface area (Å²) in [6.45, 7) is 8.78. The van der Waals surface area contributed by atoms with E-state index in [1.165, 1.54) is 17.8 Å². The fourth-order valence-corrected chi connectivity index (χ4v) is 3.92. The second kappa shape index (κ2) is 11.2. The van der Waals surface area contributed by atoms with Crippen molar-refractivity contribution in [3.63, 3.8) is 0 Å². The van der Waals surface area contributed by atoms with Crippen LogP contribution < -0.4 is 14.9 Å². The number of hydrogen-bond donors (Lipinski definition) is 1. The highest BCUT2D eigenvalue weighted by Gasteiger charge is 2.26. The van der Waals surface area contributed by atoms with Gasteiger partial charge < -0.3 is 9.47 Å². The van der Waals surface area contributed by atoms with Crippen molar-refractivity contribution in [1.29, 1.82) is 0 Å². The Kier molecular flexibility index (Phi) is 8.31. The zero-order chi connectivity index (χ0) is 26.6. The summed E-state index contributed by atoms with van der Waals surface area (Å²) in [6.07, 6.45) is 1.49. The first-order valence-electron chi connectivity index (χ1n) is 11.1. The number of benzene rings is 2. The van der Waals surface area contributed by atoms with Crippen molar-refractivity contribution in [2.24, 2.45) is 5.10 Å². The molecule has 11 heteroatoms. The molecule has 36 heavy (non-hydrogen) atoms. The second-order valence-electron chi connectivity index (χ2n) is 8.36. The minimum atomic E-state index is -0.791. The molecule has 1 amide bonds. The van der Waals surface area contributed by atoms with Crippen LogP contribution in [0.25, 0.3) is 0 Å². The summed E-state index contributed by atoms with van der Waals surface area (Å²) in [4.78, 5) is 23.3. The molecule has 0 aliphatic heterocycles. The molecule has 1 N–H and O–H groups in total. The Labute approximate surface area is 214 Å². The number of nitro groups is 1. The molecule has 0 bridgehead atoms. The molecule has 0 radical (unpaired) electrons. The number of halogens is 1.